The fourth-order valence-corrected chi connectivity index (χ4v) is 8.44. The molecule has 10 rings (SSSR count). The number of ether oxygens (including phenoxy) is 2. The minimum absolute atomic E-state index is 0.0983. The van der Waals surface area contributed by atoms with Gasteiger partial charge >= 0.3 is 12.2 Å². The number of aryl methyl sites for hydroxylation is 2. The van der Waals surface area contributed by atoms with Gasteiger partial charge in [0.1, 0.15) is 35.9 Å². The lowest BCUT2D eigenvalue weighted by atomic mass is 10.1. The largest absolute Gasteiger partial charge is 0.444 e. The molecule has 0 atom stereocenters. The highest BCUT2D eigenvalue weighted by molar-refractivity contribution is 5.85. The predicted molar refractivity (Wildman–Crippen MR) is 268 cm³/mol. The van der Waals surface area contributed by atoms with Crippen molar-refractivity contribution in [3.63, 3.8) is 0 Å². The average molecular weight is 1010 g/mol. The Kier molecular flexibility index (Phi) is 13.7. The maximum atomic E-state index is 15.3. The van der Waals surface area contributed by atoms with E-state index in [1.54, 1.807) is 119 Å². The van der Waals surface area contributed by atoms with E-state index in [0.717, 1.165) is 22.2 Å². The first kappa shape index (κ1) is 50.4. The molecule has 384 valence electrons. The molecule has 2 fully saturated rings. The molecule has 2 aromatic carbocycles. The number of aromatic nitrogens is 10. The number of fused-ring (bicyclic) bond motifs is 2. The summed E-state index contributed by atoms with van der Waals surface area (Å²) in [7, 11) is 3.65. The summed E-state index contributed by atoms with van der Waals surface area (Å²) in [5.41, 5.74) is 6.32. The van der Waals surface area contributed by atoms with Crippen LogP contribution in [0.5, 0.6) is 0 Å². The molecule has 20 nitrogen and oxygen atoms in total. The van der Waals surface area contributed by atoms with Crippen LogP contribution in [0.25, 0.3) is 56.1 Å². The minimum atomic E-state index is -0.642. The van der Waals surface area contributed by atoms with Crippen LogP contribution < -0.4 is 0 Å². The van der Waals surface area contributed by atoms with E-state index in [-0.39, 0.29) is 38.0 Å². The molecule has 2 aliphatic rings. The summed E-state index contributed by atoms with van der Waals surface area (Å²) >= 11 is 0. The van der Waals surface area contributed by atoms with E-state index >= 15 is 8.78 Å². The van der Waals surface area contributed by atoms with Gasteiger partial charge in [0.15, 0.2) is 0 Å². The van der Waals surface area contributed by atoms with E-state index in [9.17, 15) is 19.2 Å². The topological polar surface area (TPSA) is 196 Å². The number of hydrogen-bond acceptors (Lipinski definition) is 12. The van der Waals surface area contributed by atoms with E-state index in [2.05, 4.69) is 20.4 Å². The Morgan fingerprint density at radius 1 is 0.554 bits per heavy atom. The van der Waals surface area contributed by atoms with Gasteiger partial charge in [-0.1, -0.05) is 24.3 Å². The number of rotatable bonds is 8. The fraction of sp³-hybridized carbons (Fsp3) is 0.346. The third kappa shape index (κ3) is 11.4. The first-order valence-electron chi connectivity index (χ1n) is 23.9. The SMILES string of the molecule is Cn1cc(-c2cn3nccc3c(-c3ccc(CN4CCN(C(=O)OC(C)(C)C)CC4=O)c(F)c3)n2)cn1.Cn1cc(-c2cn3nccc3c(-c3ccc(CN4CCN(C(=O)OC(C)(C)C)CC4=O)c(F)c3)n2)cn1. The van der Waals surface area contributed by atoms with Crippen molar-refractivity contribution in [1.29, 1.82) is 0 Å². The van der Waals surface area contributed by atoms with E-state index < -0.39 is 35.0 Å². The van der Waals surface area contributed by atoms with Crippen molar-refractivity contribution in [1.82, 2.24) is 68.4 Å². The Labute approximate surface area is 424 Å². The Morgan fingerprint density at radius 2 is 0.959 bits per heavy atom. The second-order valence-corrected chi connectivity index (χ2v) is 20.1. The van der Waals surface area contributed by atoms with Crippen LogP contribution in [-0.4, -0.2) is 143 Å². The summed E-state index contributed by atoms with van der Waals surface area (Å²) in [6.45, 7) is 11.9. The summed E-state index contributed by atoms with van der Waals surface area (Å²) < 4.78 is 48.1. The molecule has 74 heavy (non-hydrogen) atoms. The Balaban J connectivity index is 0.000000182. The van der Waals surface area contributed by atoms with Crippen LogP contribution in [0.15, 0.2) is 98.1 Å². The van der Waals surface area contributed by atoms with Crippen LogP contribution in [0.3, 0.4) is 0 Å². The molecule has 4 amide bonds. The number of piperazine rings is 2. The van der Waals surface area contributed by atoms with Gasteiger partial charge in [-0.3, -0.25) is 28.8 Å². The quantitative estimate of drug-likeness (QED) is 0.151. The number of halogens is 2. The van der Waals surface area contributed by atoms with Crippen molar-refractivity contribution in [3.05, 3.63) is 121 Å². The normalized spacial score (nSPS) is 14.5. The highest BCUT2D eigenvalue weighted by Crippen LogP contribution is 2.31. The molecule has 2 aliphatic heterocycles. The summed E-state index contributed by atoms with van der Waals surface area (Å²) in [5, 5.41) is 17.1. The summed E-state index contributed by atoms with van der Waals surface area (Å²) in [4.78, 5) is 65.4. The van der Waals surface area contributed by atoms with Crippen molar-refractivity contribution in [3.8, 4) is 45.0 Å². The Bertz CT molecular complexity index is 3200. The zero-order valence-corrected chi connectivity index (χ0v) is 42.4. The van der Waals surface area contributed by atoms with Crippen LogP contribution in [0.2, 0.25) is 0 Å². The van der Waals surface area contributed by atoms with Gasteiger partial charge < -0.3 is 19.3 Å². The van der Waals surface area contributed by atoms with Gasteiger partial charge in [0.2, 0.25) is 11.8 Å². The zero-order chi connectivity index (χ0) is 52.6. The highest BCUT2D eigenvalue weighted by Gasteiger charge is 2.32. The molecule has 0 spiro atoms. The van der Waals surface area contributed by atoms with Crippen molar-refractivity contribution < 1.29 is 37.4 Å². The lowest BCUT2D eigenvalue weighted by Crippen LogP contribution is -2.52. The van der Waals surface area contributed by atoms with E-state index in [1.165, 1.54) is 21.9 Å². The second kappa shape index (κ2) is 20.2. The van der Waals surface area contributed by atoms with Crippen LogP contribution >= 0.6 is 0 Å². The van der Waals surface area contributed by atoms with Gasteiger partial charge in [0, 0.05) is 99.1 Å². The predicted octanol–water partition coefficient (Wildman–Crippen LogP) is 7.03. The lowest BCUT2D eigenvalue weighted by Gasteiger charge is -2.35. The summed E-state index contributed by atoms with van der Waals surface area (Å²) in [5.74, 6) is -1.39. The van der Waals surface area contributed by atoms with Crippen LogP contribution in [0, 0.1) is 11.6 Å². The van der Waals surface area contributed by atoms with Gasteiger partial charge in [-0.05, 0) is 65.8 Å². The number of hydrogen-bond donors (Lipinski definition) is 0. The summed E-state index contributed by atoms with van der Waals surface area (Å²) in [6, 6.07) is 13.4. The standard InChI is InChI=1S/2C26H28FN7O3/c2*1-26(2,3)37-25(36)33-10-9-32(23(35)16-33)14-18-6-5-17(11-20(18)27)24-22-7-8-28-34(22)15-21(30-24)19-12-29-31(4)13-19/h2*5-8,11-13,15H,9-10,14,16H2,1-4H3. The summed E-state index contributed by atoms with van der Waals surface area (Å²) in [6.07, 6.45) is 13.0. The molecule has 6 aromatic heterocycles. The molecule has 0 unspecified atom stereocenters. The zero-order valence-electron chi connectivity index (χ0n) is 42.4. The molecule has 0 bridgehead atoms. The van der Waals surface area contributed by atoms with E-state index in [0.29, 0.717) is 71.2 Å². The molecular weight excluding hydrogens is 955 g/mol. The van der Waals surface area contributed by atoms with E-state index in [1.807, 2.05) is 51.0 Å². The number of amides is 4. The van der Waals surface area contributed by atoms with Crippen LogP contribution in [0.1, 0.15) is 52.7 Å². The smallest absolute Gasteiger partial charge is 0.410 e. The first-order valence-corrected chi connectivity index (χ1v) is 23.9. The maximum absolute atomic E-state index is 15.3. The third-order valence-electron chi connectivity index (χ3n) is 12.1. The Hall–Kier alpha value is -8.56. The number of carbonyl (C=O) groups excluding carboxylic acids is 4. The molecule has 2 saturated heterocycles. The third-order valence-corrected chi connectivity index (χ3v) is 12.1. The second-order valence-electron chi connectivity index (χ2n) is 20.1. The van der Waals surface area contributed by atoms with Crippen LogP contribution in [0.4, 0.5) is 18.4 Å². The van der Waals surface area contributed by atoms with Crippen molar-refractivity contribution in [2.75, 3.05) is 39.3 Å². The first-order chi connectivity index (χ1) is 35.1. The van der Waals surface area contributed by atoms with Gasteiger partial charge in [-0.2, -0.15) is 20.4 Å². The van der Waals surface area contributed by atoms with Gasteiger partial charge in [0.05, 0.1) is 71.0 Å². The fourth-order valence-electron chi connectivity index (χ4n) is 8.44. The van der Waals surface area contributed by atoms with Crippen molar-refractivity contribution in [2.24, 2.45) is 14.1 Å². The molecule has 8 heterocycles. The van der Waals surface area contributed by atoms with Gasteiger partial charge in [-0.15, -0.1) is 0 Å². The molecule has 0 radical (unpaired) electrons. The Morgan fingerprint density at radius 3 is 1.30 bits per heavy atom. The molecule has 0 saturated carbocycles. The number of benzene rings is 2. The monoisotopic (exact) mass is 1010 g/mol. The maximum Gasteiger partial charge on any atom is 0.410 e. The lowest BCUT2D eigenvalue weighted by molar-refractivity contribution is -0.137. The van der Waals surface area contributed by atoms with E-state index in [4.69, 9.17) is 19.4 Å². The van der Waals surface area contributed by atoms with Crippen molar-refractivity contribution in [2.45, 2.75) is 65.8 Å². The average Bonchev–Trinajstić information content (AvgIpc) is 4.19. The molecule has 0 aliphatic carbocycles. The number of nitrogens with zero attached hydrogens (tertiary/aromatic N) is 14. The molecule has 8 aromatic rings. The van der Waals surface area contributed by atoms with Crippen molar-refractivity contribution >= 4 is 35.0 Å². The molecular formula is C52H56F2N14O6. The molecule has 22 heteroatoms. The highest BCUT2D eigenvalue weighted by atomic mass is 19.1. The molecule has 0 N–H and O–H groups in total. The minimum Gasteiger partial charge on any atom is -0.444 e. The van der Waals surface area contributed by atoms with Crippen LogP contribution in [-0.2, 0) is 46.2 Å². The van der Waals surface area contributed by atoms with Gasteiger partial charge in [-0.25, -0.2) is 37.4 Å². The van der Waals surface area contributed by atoms with Gasteiger partial charge in [0.25, 0.3) is 0 Å². The number of carbonyl (C=O) groups is 4.